The van der Waals surface area contributed by atoms with E-state index in [1.54, 1.807) is 18.2 Å². The van der Waals surface area contributed by atoms with Crippen molar-refractivity contribution in [3.05, 3.63) is 168 Å². The number of rotatable bonds is 3. The Labute approximate surface area is 230 Å². The molecule has 4 heteroatoms. The minimum absolute atomic E-state index is 0.322. The first-order chi connectivity index (χ1) is 19.7. The summed E-state index contributed by atoms with van der Waals surface area (Å²) >= 11 is 0. The van der Waals surface area contributed by atoms with Gasteiger partial charge in [-0.3, -0.25) is 4.98 Å². The molecule has 5 aromatic carbocycles. The van der Waals surface area contributed by atoms with Crippen LogP contribution in [-0.4, -0.2) is 4.98 Å². The van der Waals surface area contributed by atoms with Crippen molar-refractivity contribution in [3.63, 3.8) is 0 Å². The summed E-state index contributed by atoms with van der Waals surface area (Å²) in [7, 11) is 0. The summed E-state index contributed by atoms with van der Waals surface area (Å²) in [6.07, 6.45) is 3.81. The first kappa shape index (κ1) is 22.9. The van der Waals surface area contributed by atoms with Gasteiger partial charge in [0.15, 0.2) is 0 Å². The quantitative estimate of drug-likeness (QED) is 0.231. The Hall–Kier alpha value is -5.09. The Balaban J connectivity index is 1.41. The van der Waals surface area contributed by atoms with Crippen molar-refractivity contribution in [2.75, 3.05) is 4.90 Å². The summed E-state index contributed by atoms with van der Waals surface area (Å²) in [6.45, 7) is 0. The van der Waals surface area contributed by atoms with E-state index in [2.05, 4.69) is 77.8 Å². The summed E-state index contributed by atoms with van der Waals surface area (Å²) < 4.78 is 28.3. The van der Waals surface area contributed by atoms with Gasteiger partial charge in [0.2, 0.25) is 0 Å². The third-order valence-corrected chi connectivity index (χ3v) is 8.28. The van der Waals surface area contributed by atoms with Gasteiger partial charge in [-0.2, -0.15) is 0 Å². The average molecular weight is 521 g/mol. The zero-order chi connectivity index (χ0) is 26.8. The minimum Gasteiger partial charge on any atom is -0.310 e. The van der Waals surface area contributed by atoms with E-state index in [1.165, 1.54) is 57.6 Å². The van der Waals surface area contributed by atoms with E-state index in [9.17, 15) is 8.78 Å². The number of pyridine rings is 1. The van der Waals surface area contributed by atoms with Crippen molar-refractivity contribution in [2.45, 2.75) is 5.41 Å². The van der Waals surface area contributed by atoms with Crippen molar-refractivity contribution in [2.24, 2.45) is 0 Å². The SMILES string of the molecule is Fc1ccc(N(c2cccc(F)c2)c2ccc3c(c2)-c2cnccc2C32c3ccccc3-c3ccccc32)cc1. The lowest BCUT2D eigenvalue weighted by Gasteiger charge is -2.31. The molecule has 0 radical (unpaired) electrons. The second-order valence-corrected chi connectivity index (χ2v) is 10.3. The first-order valence-corrected chi connectivity index (χ1v) is 13.3. The molecule has 2 aliphatic carbocycles. The standard InChI is InChI=1S/C36H22F2N2/c37-23-12-14-25(15-13-23)40(26-7-5-6-24(38)20-26)27-16-17-34-30(21-27)31-22-39-19-18-35(31)36(34)32-10-3-1-8-28(32)29-9-2-4-11-33(29)36/h1-22H. The molecule has 6 aromatic rings. The average Bonchev–Trinajstić information content (AvgIpc) is 3.46. The van der Waals surface area contributed by atoms with E-state index in [0.717, 1.165) is 22.5 Å². The van der Waals surface area contributed by atoms with Crippen LogP contribution >= 0.6 is 0 Å². The predicted molar refractivity (Wildman–Crippen MR) is 155 cm³/mol. The Morgan fingerprint density at radius 1 is 0.475 bits per heavy atom. The fourth-order valence-corrected chi connectivity index (χ4v) is 6.77. The molecule has 2 nitrogen and oxygen atoms in total. The fourth-order valence-electron chi connectivity index (χ4n) is 6.77. The van der Waals surface area contributed by atoms with Crippen molar-refractivity contribution < 1.29 is 8.78 Å². The highest BCUT2D eigenvalue weighted by atomic mass is 19.1. The van der Waals surface area contributed by atoms with Crippen LogP contribution in [0, 0.1) is 11.6 Å². The minimum atomic E-state index is -0.459. The molecule has 0 amide bonds. The molecule has 1 aromatic heterocycles. The number of nitrogens with zero attached hydrogens (tertiary/aromatic N) is 2. The number of hydrogen-bond acceptors (Lipinski definition) is 2. The summed E-state index contributed by atoms with van der Waals surface area (Å²) in [5.41, 5.74) is 11.3. The van der Waals surface area contributed by atoms with E-state index < -0.39 is 5.41 Å². The lowest BCUT2D eigenvalue weighted by atomic mass is 9.71. The number of fused-ring (bicyclic) bond motifs is 10. The highest BCUT2D eigenvalue weighted by Gasteiger charge is 2.51. The highest BCUT2D eigenvalue weighted by Crippen LogP contribution is 2.63. The summed E-state index contributed by atoms with van der Waals surface area (Å²) in [5, 5.41) is 0. The topological polar surface area (TPSA) is 16.1 Å². The lowest BCUT2D eigenvalue weighted by Crippen LogP contribution is -2.25. The van der Waals surface area contributed by atoms with Gasteiger partial charge in [-0.25, -0.2) is 8.78 Å². The monoisotopic (exact) mass is 520 g/mol. The van der Waals surface area contributed by atoms with Crippen LogP contribution in [0.1, 0.15) is 22.3 Å². The zero-order valence-electron chi connectivity index (χ0n) is 21.4. The van der Waals surface area contributed by atoms with Crippen molar-refractivity contribution in [1.29, 1.82) is 0 Å². The van der Waals surface area contributed by atoms with E-state index in [4.69, 9.17) is 0 Å². The summed E-state index contributed by atoms with van der Waals surface area (Å²) in [6, 6.07) is 38.6. The van der Waals surface area contributed by atoms with Gasteiger partial charge < -0.3 is 4.90 Å². The number of hydrogen-bond donors (Lipinski definition) is 0. The van der Waals surface area contributed by atoms with Gasteiger partial charge in [0, 0.05) is 35.0 Å². The van der Waals surface area contributed by atoms with Gasteiger partial charge in [0.05, 0.1) is 5.41 Å². The van der Waals surface area contributed by atoms with Crippen molar-refractivity contribution in [1.82, 2.24) is 4.98 Å². The van der Waals surface area contributed by atoms with Crippen LogP contribution in [-0.2, 0) is 5.41 Å². The molecular formula is C36H22F2N2. The predicted octanol–water partition coefficient (Wildman–Crippen LogP) is 9.17. The Bertz CT molecular complexity index is 1900. The second kappa shape index (κ2) is 8.45. The van der Waals surface area contributed by atoms with Crippen molar-refractivity contribution >= 4 is 17.1 Å². The molecule has 1 heterocycles. The number of aromatic nitrogens is 1. The molecule has 190 valence electrons. The molecule has 1 spiro atoms. The molecular weight excluding hydrogens is 498 g/mol. The molecule has 2 aliphatic rings. The van der Waals surface area contributed by atoms with Gasteiger partial charge in [-0.1, -0.05) is 60.7 Å². The molecule has 40 heavy (non-hydrogen) atoms. The Morgan fingerprint density at radius 2 is 1.10 bits per heavy atom. The molecule has 8 rings (SSSR count). The summed E-state index contributed by atoms with van der Waals surface area (Å²) in [4.78, 5) is 6.49. The van der Waals surface area contributed by atoms with Crippen LogP contribution in [0.3, 0.4) is 0 Å². The third-order valence-electron chi connectivity index (χ3n) is 8.28. The Morgan fingerprint density at radius 3 is 1.82 bits per heavy atom. The number of halogens is 2. The molecule has 0 N–H and O–H groups in total. The van der Waals surface area contributed by atoms with Gasteiger partial charge in [0.25, 0.3) is 0 Å². The van der Waals surface area contributed by atoms with Gasteiger partial charge in [0.1, 0.15) is 11.6 Å². The van der Waals surface area contributed by atoms with Crippen LogP contribution in [0.2, 0.25) is 0 Å². The fraction of sp³-hybridized carbons (Fsp3) is 0.0278. The Kier molecular flexibility index (Phi) is 4.83. The van der Waals surface area contributed by atoms with Crippen LogP contribution in [0.15, 0.2) is 134 Å². The van der Waals surface area contributed by atoms with Crippen LogP contribution in [0.25, 0.3) is 22.3 Å². The van der Waals surface area contributed by atoms with Gasteiger partial charge in [-0.05, 0) is 99.6 Å². The summed E-state index contributed by atoms with van der Waals surface area (Å²) in [5.74, 6) is -0.657. The van der Waals surface area contributed by atoms with Crippen molar-refractivity contribution in [3.8, 4) is 22.3 Å². The van der Waals surface area contributed by atoms with Gasteiger partial charge >= 0.3 is 0 Å². The van der Waals surface area contributed by atoms with E-state index in [-0.39, 0.29) is 11.6 Å². The maximum Gasteiger partial charge on any atom is 0.125 e. The van der Waals surface area contributed by atoms with Crippen LogP contribution < -0.4 is 4.90 Å². The molecule has 0 saturated heterocycles. The largest absolute Gasteiger partial charge is 0.310 e. The normalized spacial score (nSPS) is 13.4. The van der Waals surface area contributed by atoms with Gasteiger partial charge in [-0.15, -0.1) is 0 Å². The molecule has 0 bridgehead atoms. The molecule has 0 atom stereocenters. The number of benzene rings is 5. The first-order valence-electron chi connectivity index (χ1n) is 13.3. The van der Waals surface area contributed by atoms with E-state index >= 15 is 0 Å². The van der Waals surface area contributed by atoms with Crippen LogP contribution in [0.4, 0.5) is 25.8 Å². The molecule has 0 aliphatic heterocycles. The lowest BCUT2D eigenvalue weighted by molar-refractivity contribution is 0.627. The highest BCUT2D eigenvalue weighted by molar-refractivity contribution is 5.96. The second-order valence-electron chi connectivity index (χ2n) is 10.3. The zero-order valence-corrected chi connectivity index (χ0v) is 21.4. The number of anilines is 3. The smallest absolute Gasteiger partial charge is 0.125 e. The molecule has 0 saturated carbocycles. The molecule has 0 fully saturated rings. The molecule has 0 unspecified atom stereocenters. The van der Waals surface area contributed by atoms with Crippen LogP contribution in [0.5, 0.6) is 0 Å². The third kappa shape index (κ3) is 3.04. The maximum absolute atomic E-state index is 14.4. The van der Waals surface area contributed by atoms with E-state index in [0.29, 0.717) is 5.69 Å². The maximum atomic E-state index is 14.4. The van der Waals surface area contributed by atoms with E-state index in [1.807, 2.05) is 23.4 Å².